The summed E-state index contributed by atoms with van der Waals surface area (Å²) in [5.74, 6) is 0.464. The number of hydrogen-bond donors (Lipinski definition) is 1. The van der Waals surface area contributed by atoms with Gasteiger partial charge in [-0.2, -0.15) is 0 Å². The van der Waals surface area contributed by atoms with Gasteiger partial charge >= 0.3 is 0 Å². The van der Waals surface area contributed by atoms with Gasteiger partial charge in [0, 0.05) is 16.3 Å². The lowest BCUT2D eigenvalue weighted by Crippen LogP contribution is -2.34. The molecule has 2 heterocycles. The van der Waals surface area contributed by atoms with Crippen LogP contribution in [0.1, 0.15) is 35.8 Å². The van der Waals surface area contributed by atoms with E-state index < -0.39 is 0 Å². The van der Waals surface area contributed by atoms with Crippen LogP contribution < -0.4 is 5.32 Å². The maximum Gasteiger partial charge on any atom is 0.230 e. The highest BCUT2D eigenvalue weighted by molar-refractivity contribution is 8.00. The summed E-state index contributed by atoms with van der Waals surface area (Å²) in [5, 5.41) is 5.25. The average Bonchev–Trinajstić information content (AvgIpc) is 3.26. The van der Waals surface area contributed by atoms with Gasteiger partial charge in [-0.3, -0.25) is 4.79 Å². The fourth-order valence-electron chi connectivity index (χ4n) is 3.56. The van der Waals surface area contributed by atoms with Crippen molar-refractivity contribution in [2.75, 3.05) is 5.75 Å². The van der Waals surface area contributed by atoms with Crippen LogP contribution in [0.3, 0.4) is 0 Å². The second-order valence-electron chi connectivity index (χ2n) is 7.00. The van der Waals surface area contributed by atoms with Crippen LogP contribution >= 0.6 is 23.1 Å². The Hall–Kier alpha value is -1.92. The highest BCUT2D eigenvalue weighted by Gasteiger charge is 2.21. The van der Waals surface area contributed by atoms with Crippen molar-refractivity contribution in [2.45, 2.75) is 50.1 Å². The van der Waals surface area contributed by atoms with E-state index in [0.717, 1.165) is 35.5 Å². The normalized spacial score (nSPS) is 14.3. The summed E-state index contributed by atoms with van der Waals surface area (Å²) < 4.78 is 0. The van der Waals surface area contributed by atoms with Crippen molar-refractivity contribution in [3.05, 3.63) is 52.7 Å². The number of carbonyl (C=O) groups is 1. The molecule has 0 aliphatic heterocycles. The summed E-state index contributed by atoms with van der Waals surface area (Å²) in [6.45, 7) is 2.07. The molecule has 0 saturated carbocycles. The van der Waals surface area contributed by atoms with Crippen molar-refractivity contribution >= 4 is 39.2 Å². The Morgan fingerprint density at radius 2 is 2.11 bits per heavy atom. The molecule has 6 heteroatoms. The minimum atomic E-state index is 0.0687. The lowest BCUT2D eigenvalue weighted by Gasteiger charge is -2.14. The standard InChI is InChI=1S/C21H23N3OS2/c1-14(10-11-15-6-3-2-4-7-15)24-18(25)12-26-20-19-16-8-5-9-17(16)27-21(19)23-13-22-20/h2-4,6-7,13-14H,5,8-12H2,1H3,(H,24,25). The number of amides is 1. The zero-order valence-corrected chi connectivity index (χ0v) is 17.0. The number of thiophene rings is 1. The second kappa shape index (κ2) is 8.40. The number of thioether (sulfide) groups is 1. The van der Waals surface area contributed by atoms with E-state index in [1.807, 2.05) is 6.07 Å². The third-order valence-corrected chi connectivity index (χ3v) is 7.11. The van der Waals surface area contributed by atoms with E-state index in [9.17, 15) is 4.79 Å². The molecule has 1 amide bonds. The van der Waals surface area contributed by atoms with E-state index in [4.69, 9.17) is 0 Å². The van der Waals surface area contributed by atoms with Crippen LogP contribution in [-0.2, 0) is 24.1 Å². The number of aryl methyl sites for hydroxylation is 3. The molecule has 1 aliphatic carbocycles. The number of benzene rings is 1. The largest absolute Gasteiger partial charge is 0.353 e. The molecule has 0 spiro atoms. The Morgan fingerprint density at radius 1 is 1.26 bits per heavy atom. The third kappa shape index (κ3) is 4.33. The van der Waals surface area contributed by atoms with Gasteiger partial charge in [0.25, 0.3) is 0 Å². The Labute approximate surface area is 167 Å². The molecule has 140 valence electrons. The fraction of sp³-hybridized carbons (Fsp3) is 0.381. The van der Waals surface area contributed by atoms with Crippen LogP contribution in [0.25, 0.3) is 10.2 Å². The Kier molecular flexibility index (Phi) is 5.74. The Balaban J connectivity index is 1.32. The smallest absolute Gasteiger partial charge is 0.230 e. The number of fused-ring (bicyclic) bond motifs is 3. The van der Waals surface area contributed by atoms with Crippen LogP contribution in [0.5, 0.6) is 0 Å². The highest BCUT2D eigenvalue weighted by atomic mass is 32.2. The summed E-state index contributed by atoms with van der Waals surface area (Å²) in [4.78, 5) is 23.8. The van der Waals surface area contributed by atoms with E-state index >= 15 is 0 Å². The predicted octanol–water partition coefficient (Wildman–Crippen LogP) is 4.41. The van der Waals surface area contributed by atoms with Gasteiger partial charge in [0.05, 0.1) is 5.75 Å². The molecule has 0 bridgehead atoms. The first-order valence-electron chi connectivity index (χ1n) is 9.42. The molecule has 1 aliphatic rings. The van der Waals surface area contributed by atoms with Gasteiger partial charge in [0.1, 0.15) is 16.2 Å². The number of nitrogens with one attached hydrogen (secondary N) is 1. The van der Waals surface area contributed by atoms with Gasteiger partial charge in [-0.05, 0) is 50.2 Å². The van der Waals surface area contributed by atoms with E-state index in [-0.39, 0.29) is 11.9 Å². The van der Waals surface area contributed by atoms with Crippen molar-refractivity contribution < 1.29 is 4.79 Å². The lowest BCUT2D eigenvalue weighted by atomic mass is 10.1. The molecule has 0 saturated heterocycles. The van der Waals surface area contributed by atoms with Crippen molar-refractivity contribution in [2.24, 2.45) is 0 Å². The van der Waals surface area contributed by atoms with E-state index in [1.165, 1.54) is 39.6 Å². The molecule has 1 N–H and O–H groups in total. The van der Waals surface area contributed by atoms with Crippen molar-refractivity contribution in [1.82, 2.24) is 15.3 Å². The molecule has 4 rings (SSSR count). The molecule has 0 fully saturated rings. The van der Waals surface area contributed by atoms with Gasteiger partial charge in [0.15, 0.2) is 0 Å². The second-order valence-corrected chi connectivity index (χ2v) is 9.05. The number of rotatable bonds is 7. The molecular weight excluding hydrogens is 374 g/mol. The zero-order chi connectivity index (χ0) is 18.6. The molecule has 0 radical (unpaired) electrons. The van der Waals surface area contributed by atoms with Gasteiger partial charge in [0.2, 0.25) is 5.91 Å². The summed E-state index contributed by atoms with van der Waals surface area (Å²) in [6.07, 6.45) is 7.02. The van der Waals surface area contributed by atoms with Crippen LogP contribution in [0, 0.1) is 0 Å². The van der Waals surface area contributed by atoms with Gasteiger partial charge in [-0.15, -0.1) is 11.3 Å². The minimum absolute atomic E-state index is 0.0687. The van der Waals surface area contributed by atoms with Crippen LogP contribution in [0.2, 0.25) is 0 Å². The molecule has 27 heavy (non-hydrogen) atoms. The maximum absolute atomic E-state index is 12.4. The summed E-state index contributed by atoms with van der Waals surface area (Å²) in [6, 6.07) is 10.6. The van der Waals surface area contributed by atoms with Gasteiger partial charge in [-0.25, -0.2) is 9.97 Å². The van der Waals surface area contributed by atoms with Crippen LogP contribution in [0.15, 0.2) is 41.7 Å². The summed E-state index contributed by atoms with van der Waals surface area (Å²) in [5.41, 5.74) is 2.72. The highest BCUT2D eigenvalue weighted by Crippen LogP contribution is 2.39. The number of carbonyl (C=O) groups excluding carboxylic acids is 1. The van der Waals surface area contributed by atoms with Crippen LogP contribution in [-0.4, -0.2) is 27.7 Å². The monoisotopic (exact) mass is 397 g/mol. The molecule has 1 unspecified atom stereocenters. The first-order valence-corrected chi connectivity index (χ1v) is 11.2. The molecule has 1 aromatic carbocycles. The number of nitrogens with zero attached hydrogens (tertiary/aromatic N) is 2. The molecule has 4 nitrogen and oxygen atoms in total. The molecule has 2 aromatic heterocycles. The number of hydrogen-bond acceptors (Lipinski definition) is 5. The first-order chi connectivity index (χ1) is 13.2. The average molecular weight is 398 g/mol. The van der Waals surface area contributed by atoms with Crippen molar-refractivity contribution in [3.8, 4) is 0 Å². The van der Waals surface area contributed by atoms with Gasteiger partial charge in [-0.1, -0.05) is 42.1 Å². The SMILES string of the molecule is CC(CCc1ccccc1)NC(=O)CSc1ncnc2sc3c(c12)CCC3. The topological polar surface area (TPSA) is 54.9 Å². The molecule has 1 atom stereocenters. The van der Waals surface area contributed by atoms with Crippen molar-refractivity contribution in [1.29, 1.82) is 0 Å². The van der Waals surface area contributed by atoms with E-state index in [1.54, 1.807) is 17.7 Å². The summed E-state index contributed by atoms with van der Waals surface area (Å²) in [7, 11) is 0. The first kappa shape index (κ1) is 18.4. The van der Waals surface area contributed by atoms with Crippen LogP contribution in [0.4, 0.5) is 0 Å². The maximum atomic E-state index is 12.4. The summed E-state index contributed by atoms with van der Waals surface area (Å²) >= 11 is 3.31. The Bertz CT molecular complexity index is 939. The lowest BCUT2D eigenvalue weighted by molar-refractivity contribution is -0.119. The van der Waals surface area contributed by atoms with E-state index in [2.05, 4.69) is 46.5 Å². The van der Waals surface area contributed by atoms with E-state index in [0.29, 0.717) is 5.75 Å². The fourth-order valence-corrected chi connectivity index (χ4v) is 5.69. The minimum Gasteiger partial charge on any atom is -0.353 e. The quantitative estimate of drug-likeness (QED) is 0.474. The third-order valence-electron chi connectivity index (χ3n) is 4.92. The molecule has 3 aromatic rings. The van der Waals surface area contributed by atoms with Gasteiger partial charge < -0.3 is 5.32 Å². The zero-order valence-electron chi connectivity index (χ0n) is 15.4. The number of aromatic nitrogens is 2. The molecular formula is C21H23N3OS2. The Morgan fingerprint density at radius 3 is 2.96 bits per heavy atom. The predicted molar refractivity (Wildman–Crippen MR) is 113 cm³/mol. The van der Waals surface area contributed by atoms with Crippen molar-refractivity contribution in [3.63, 3.8) is 0 Å².